The first-order valence-corrected chi connectivity index (χ1v) is 7.63. The molecule has 1 saturated carbocycles. The van der Waals surface area contributed by atoms with Crippen molar-refractivity contribution in [3.8, 4) is 0 Å². The Labute approximate surface area is 118 Å². The van der Waals surface area contributed by atoms with E-state index in [9.17, 15) is 4.79 Å². The van der Waals surface area contributed by atoms with Crippen molar-refractivity contribution in [3.63, 3.8) is 0 Å². The minimum Gasteiger partial charge on any atom is -0.395 e. The van der Waals surface area contributed by atoms with Crippen LogP contribution in [0.15, 0.2) is 35.2 Å². The van der Waals surface area contributed by atoms with Gasteiger partial charge in [0.25, 0.3) is 0 Å². The van der Waals surface area contributed by atoms with Gasteiger partial charge in [-0.3, -0.25) is 0 Å². The summed E-state index contributed by atoms with van der Waals surface area (Å²) in [4.78, 5) is 14.9. The maximum atomic E-state index is 11.9. The molecule has 2 amide bonds. The van der Waals surface area contributed by atoms with E-state index >= 15 is 0 Å². The summed E-state index contributed by atoms with van der Waals surface area (Å²) >= 11 is 1.73. The predicted octanol–water partition coefficient (Wildman–Crippen LogP) is 1.95. The number of aliphatic hydroxyl groups is 1. The monoisotopic (exact) mass is 280 g/mol. The first-order valence-electron chi connectivity index (χ1n) is 6.64. The lowest BCUT2D eigenvalue weighted by atomic mass is 10.4. The molecule has 1 aromatic carbocycles. The largest absolute Gasteiger partial charge is 0.395 e. The molecule has 4 nitrogen and oxygen atoms in total. The number of amides is 2. The molecular weight excluding hydrogens is 260 g/mol. The molecule has 5 heteroatoms. The van der Waals surface area contributed by atoms with Crippen molar-refractivity contribution in [3.05, 3.63) is 30.3 Å². The quantitative estimate of drug-likeness (QED) is 0.593. The minimum atomic E-state index is -0.0507. The number of carbonyl (C=O) groups excluding carboxylic acids is 1. The van der Waals surface area contributed by atoms with Gasteiger partial charge in [0, 0.05) is 29.8 Å². The van der Waals surface area contributed by atoms with Gasteiger partial charge in [-0.25, -0.2) is 4.79 Å². The molecule has 1 fully saturated rings. The van der Waals surface area contributed by atoms with Crippen LogP contribution in [0.5, 0.6) is 0 Å². The maximum absolute atomic E-state index is 11.9. The molecule has 0 unspecified atom stereocenters. The summed E-state index contributed by atoms with van der Waals surface area (Å²) in [6, 6.07) is 10.4. The van der Waals surface area contributed by atoms with Crippen molar-refractivity contribution in [1.29, 1.82) is 0 Å². The maximum Gasteiger partial charge on any atom is 0.317 e. The van der Waals surface area contributed by atoms with E-state index in [1.165, 1.54) is 4.90 Å². The van der Waals surface area contributed by atoms with Crippen LogP contribution in [0, 0.1) is 0 Å². The third kappa shape index (κ3) is 4.76. The van der Waals surface area contributed by atoms with Crippen molar-refractivity contribution < 1.29 is 9.90 Å². The molecule has 104 valence electrons. The number of nitrogens with one attached hydrogen (secondary N) is 1. The number of nitrogens with zero attached hydrogens (tertiary/aromatic N) is 1. The van der Waals surface area contributed by atoms with Crippen LogP contribution in [0.3, 0.4) is 0 Å². The Bertz CT molecular complexity index is 396. The van der Waals surface area contributed by atoms with Gasteiger partial charge in [-0.15, -0.1) is 11.8 Å². The summed E-state index contributed by atoms with van der Waals surface area (Å²) in [6.07, 6.45) is 2.12. The van der Waals surface area contributed by atoms with E-state index in [4.69, 9.17) is 5.11 Å². The summed E-state index contributed by atoms with van der Waals surface area (Å²) in [5.41, 5.74) is 0. The fourth-order valence-corrected chi connectivity index (χ4v) is 2.68. The summed E-state index contributed by atoms with van der Waals surface area (Å²) in [7, 11) is 0. The van der Waals surface area contributed by atoms with E-state index in [2.05, 4.69) is 17.4 Å². The van der Waals surface area contributed by atoms with Crippen LogP contribution < -0.4 is 5.32 Å². The number of carbonyl (C=O) groups is 1. The van der Waals surface area contributed by atoms with E-state index < -0.39 is 0 Å². The van der Waals surface area contributed by atoms with E-state index in [0.717, 1.165) is 18.6 Å². The highest BCUT2D eigenvalue weighted by atomic mass is 32.2. The van der Waals surface area contributed by atoms with E-state index in [1.807, 2.05) is 18.2 Å². The molecule has 0 saturated heterocycles. The van der Waals surface area contributed by atoms with Crippen LogP contribution in [0.25, 0.3) is 0 Å². The highest BCUT2D eigenvalue weighted by Gasteiger charge is 2.31. The lowest BCUT2D eigenvalue weighted by Gasteiger charge is -2.21. The average Bonchev–Trinajstić information content (AvgIpc) is 3.26. The first kappa shape index (κ1) is 14.2. The van der Waals surface area contributed by atoms with Gasteiger partial charge >= 0.3 is 6.03 Å². The molecule has 0 bridgehead atoms. The zero-order chi connectivity index (χ0) is 13.5. The number of hydrogen-bond acceptors (Lipinski definition) is 3. The van der Waals surface area contributed by atoms with Gasteiger partial charge in [0.1, 0.15) is 0 Å². The molecule has 1 aromatic rings. The van der Waals surface area contributed by atoms with Gasteiger partial charge in [-0.05, 0) is 25.0 Å². The predicted molar refractivity (Wildman–Crippen MR) is 77.4 cm³/mol. The van der Waals surface area contributed by atoms with Gasteiger partial charge < -0.3 is 15.3 Å². The number of hydrogen-bond donors (Lipinski definition) is 2. The molecule has 2 rings (SSSR count). The Morgan fingerprint density at radius 2 is 2.11 bits per heavy atom. The van der Waals surface area contributed by atoms with Gasteiger partial charge in [0.05, 0.1) is 6.61 Å². The third-order valence-corrected chi connectivity index (χ3v) is 3.99. The van der Waals surface area contributed by atoms with E-state index in [0.29, 0.717) is 19.1 Å². The van der Waals surface area contributed by atoms with Crippen molar-refractivity contribution in [2.75, 3.05) is 25.4 Å². The molecular formula is C14H20N2O2S. The highest BCUT2D eigenvalue weighted by molar-refractivity contribution is 7.99. The van der Waals surface area contributed by atoms with Crippen LogP contribution in [0.1, 0.15) is 12.8 Å². The SMILES string of the molecule is O=C(NCCSc1ccccc1)N(CCO)C1CC1. The summed E-state index contributed by atoms with van der Waals surface area (Å²) in [5.74, 6) is 0.855. The molecule has 0 aliphatic heterocycles. The molecule has 0 radical (unpaired) electrons. The van der Waals surface area contributed by atoms with Crippen LogP contribution in [0.2, 0.25) is 0 Å². The van der Waals surface area contributed by atoms with E-state index in [-0.39, 0.29) is 12.6 Å². The molecule has 2 N–H and O–H groups in total. The average molecular weight is 280 g/mol. The molecule has 0 aromatic heterocycles. The fraction of sp³-hybridized carbons (Fsp3) is 0.500. The van der Waals surface area contributed by atoms with Gasteiger partial charge in [-0.1, -0.05) is 18.2 Å². The second-order valence-corrected chi connectivity index (χ2v) is 5.71. The topological polar surface area (TPSA) is 52.6 Å². The minimum absolute atomic E-state index is 0.0304. The van der Waals surface area contributed by atoms with Crippen LogP contribution in [-0.2, 0) is 0 Å². The summed E-state index contributed by atoms with van der Waals surface area (Å²) in [6.45, 7) is 1.11. The molecule has 1 aliphatic carbocycles. The zero-order valence-electron chi connectivity index (χ0n) is 10.9. The second-order valence-electron chi connectivity index (χ2n) is 4.54. The molecule has 0 atom stereocenters. The number of thioether (sulfide) groups is 1. The van der Waals surface area contributed by atoms with Gasteiger partial charge in [0.2, 0.25) is 0 Å². The van der Waals surface area contributed by atoms with Crippen LogP contribution >= 0.6 is 11.8 Å². The van der Waals surface area contributed by atoms with Crippen molar-refractivity contribution in [2.45, 2.75) is 23.8 Å². The third-order valence-electron chi connectivity index (χ3n) is 2.98. The Morgan fingerprint density at radius 1 is 1.37 bits per heavy atom. The summed E-state index contributed by atoms with van der Waals surface area (Å²) in [5, 5.41) is 11.9. The molecule has 1 aliphatic rings. The van der Waals surface area contributed by atoms with Crippen molar-refractivity contribution in [1.82, 2.24) is 10.2 Å². The van der Waals surface area contributed by atoms with Gasteiger partial charge in [0.15, 0.2) is 0 Å². The van der Waals surface area contributed by atoms with Crippen LogP contribution in [0.4, 0.5) is 4.79 Å². The lowest BCUT2D eigenvalue weighted by Crippen LogP contribution is -2.43. The first-order chi connectivity index (χ1) is 9.31. The van der Waals surface area contributed by atoms with Crippen LogP contribution in [-0.4, -0.2) is 47.5 Å². The Balaban J connectivity index is 1.65. The zero-order valence-corrected chi connectivity index (χ0v) is 11.7. The Morgan fingerprint density at radius 3 is 2.74 bits per heavy atom. The number of rotatable bonds is 7. The van der Waals surface area contributed by atoms with Crippen molar-refractivity contribution >= 4 is 17.8 Å². The molecule has 0 spiro atoms. The number of urea groups is 1. The smallest absolute Gasteiger partial charge is 0.317 e. The Hall–Kier alpha value is -1.20. The van der Waals surface area contributed by atoms with E-state index in [1.54, 1.807) is 16.7 Å². The fourth-order valence-electron chi connectivity index (χ4n) is 1.89. The summed E-state index contributed by atoms with van der Waals surface area (Å²) < 4.78 is 0. The number of benzene rings is 1. The Kier molecular flexibility index (Phi) is 5.54. The highest BCUT2D eigenvalue weighted by Crippen LogP contribution is 2.26. The molecule has 19 heavy (non-hydrogen) atoms. The standard InChI is InChI=1S/C14H20N2O2S/c17-10-9-16(12-6-7-12)14(18)15-8-11-19-13-4-2-1-3-5-13/h1-5,12,17H,6-11H2,(H,15,18). The second kappa shape index (κ2) is 7.40. The van der Waals surface area contributed by atoms with Gasteiger partial charge in [-0.2, -0.15) is 0 Å². The lowest BCUT2D eigenvalue weighted by molar-refractivity contribution is 0.174. The number of aliphatic hydroxyl groups excluding tert-OH is 1. The molecule has 0 heterocycles. The normalized spacial score (nSPS) is 14.2. The van der Waals surface area contributed by atoms with Crippen molar-refractivity contribution in [2.24, 2.45) is 0 Å².